The SMILES string of the molecule is CC(C)(NC(=O)C(Cc1ccccc1)C(N)=NO)C(N)=O. The molecule has 1 unspecified atom stereocenters. The molecule has 7 nitrogen and oxygen atoms in total. The van der Waals surface area contributed by atoms with E-state index in [9.17, 15) is 9.59 Å². The minimum Gasteiger partial charge on any atom is -0.409 e. The van der Waals surface area contributed by atoms with E-state index in [0.717, 1.165) is 5.56 Å². The average Bonchev–Trinajstić information content (AvgIpc) is 2.44. The molecule has 0 aliphatic rings. The zero-order valence-corrected chi connectivity index (χ0v) is 12.0. The summed E-state index contributed by atoms with van der Waals surface area (Å²) in [6.45, 7) is 2.97. The summed E-state index contributed by atoms with van der Waals surface area (Å²) in [6.07, 6.45) is 0.247. The van der Waals surface area contributed by atoms with Crippen molar-refractivity contribution in [3.05, 3.63) is 35.9 Å². The highest BCUT2D eigenvalue weighted by Gasteiger charge is 2.32. The number of nitrogens with zero attached hydrogens (tertiary/aromatic N) is 1. The maximum atomic E-state index is 12.3. The Morgan fingerprint density at radius 2 is 1.86 bits per heavy atom. The molecule has 1 aromatic rings. The lowest BCUT2D eigenvalue weighted by atomic mass is 9.95. The largest absolute Gasteiger partial charge is 0.409 e. The molecule has 114 valence electrons. The van der Waals surface area contributed by atoms with Gasteiger partial charge in [-0.3, -0.25) is 9.59 Å². The van der Waals surface area contributed by atoms with Crippen LogP contribution in [0.1, 0.15) is 19.4 Å². The predicted octanol–water partition coefficient (Wildman–Crippen LogP) is -0.0282. The standard InChI is InChI=1S/C14H20N4O3/c1-14(2,13(16)20)17-12(19)10(11(15)18-21)8-9-6-4-3-5-7-9/h3-7,10,21H,8H2,1-2H3,(H2,15,18)(H2,16,20)(H,17,19). The number of hydrogen-bond donors (Lipinski definition) is 4. The fourth-order valence-electron chi connectivity index (χ4n) is 1.71. The maximum absolute atomic E-state index is 12.3. The number of nitrogens with one attached hydrogen (secondary N) is 1. The van der Waals surface area contributed by atoms with Gasteiger partial charge >= 0.3 is 0 Å². The Balaban J connectivity index is 2.93. The summed E-state index contributed by atoms with van der Waals surface area (Å²) in [6, 6.07) is 9.14. The minimum atomic E-state index is -1.22. The van der Waals surface area contributed by atoms with E-state index in [1.165, 1.54) is 13.8 Å². The molecule has 0 saturated heterocycles. The van der Waals surface area contributed by atoms with Crippen LogP contribution in [-0.2, 0) is 16.0 Å². The van der Waals surface area contributed by atoms with Crippen molar-refractivity contribution in [1.29, 1.82) is 0 Å². The van der Waals surface area contributed by atoms with Crippen molar-refractivity contribution in [2.24, 2.45) is 22.5 Å². The van der Waals surface area contributed by atoms with E-state index in [4.69, 9.17) is 16.7 Å². The fraction of sp³-hybridized carbons (Fsp3) is 0.357. The zero-order chi connectivity index (χ0) is 16.0. The van der Waals surface area contributed by atoms with Gasteiger partial charge in [-0.05, 0) is 25.8 Å². The van der Waals surface area contributed by atoms with E-state index in [-0.39, 0.29) is 12.3 Å². The van der Waals surface area contributed by atoms with Crippen molar-refractivity contribution in [2.45, 2.75) is 25.8 Å². The Hall–Kier alpha value is -2.57. The number of amides is 2. The summed E-state index contributed by atoms with van der Waals surface area (Å²) in [5, 5.41) is 14.2. The second-order valence-electron chi connectivity index (χ2n) is 5.25. The average molecular weight is 292 g/mol. The summed E-state index contributed by atoms with van der Waals surface area (Å²) in [5.74, 6) is -2.32. The molecular weight excluding hydrogens is 272 g/mol. The molecule has 1 atom stereocenters. The molecule has 2 amide bonds. The van der Waals surface area contributed by atoms with Crippen LogP contribution in [0, 0.1) is 5.92 Å². The van der Waals surface area contributed by atoms with Crippen LogP contribution in [0.5, 0.6) is 0 Å². The molecule has 7 heteroatoms. The van der Waals surface area contributed by atoms with Crippen LogP contribution in [0.25, 0.3) is 0 Å². The van der Waals surface area contributed by atoms with Crippen LogP contribution in [0.4, 0.5) is 0 Å². The molecule has 0 heterocycles. The highest BCUT2D eigenvalue weighted by atomic mass is 16.4. The van der Waals surface area contributed by atoms with Crippen LogP contribution in [0.15, 0.2) is 35.5 Å². The van der Waals surface area contributed by atoms with Crippen molar-refractivity contribution in [3.63, 3.8) is 0 Å². The van der Waals surface area contributed by atoms with E-state index in [1.807, 2.05) is 30.3 Å². The van der Waals surface area contributed by atoms with Crippen LogP contribution in [0.2, 0.25) is 0 Å². The van der Waals surface area contributed by atoms with Gasteiger partial charge in [0.15, 0.2) is 5.84 Å². The molecule has 0 aliphatic carbocycles. The first-order valence-electron chi connectivity index (χ1n) is 6.41. The fourth-order valence-corrected chi connectivity index (χ4v) is 1.71. The molecule has 1 rings (SSSR count). The molecule has 0 spiro atoms. The highest BCUT2D eigenvalue weighted by molar-refractivity contribution is 6.04. The highest BCUT2D eigenvalue weighted by Crippen LogP contribution is 2.12. The lowest BCUT2D eigenvalue weighted by Gasteiger charge is -2.25. The van der Waals surface area contributed by atoms with Crippen molar-refractivity contribution < 1.29 is 14.8 Å². The lowest BCUT2D eigenvalue weighted by Crippen LogP contribution is -2.56. The van der Waals surface area contributed by atoms with E-state index in [1.54, 1.807) is 0 Å². The van der Waals surface area contributed by atoms with Crippen LogP contribution in [0.3, 0.4) is 0 Å². The van der Waals surface area contributed by atoms with Crippen LogP contribution < -0.4 is 16.8 Å². The molecule has 0 radical (unpaired) electrons. The van der Waals surface area contributed by atoms with Gasteiger partial charge in [0, 0.05) is 0 Å². The number of amidine groups is 1. The van der Waals surface area contributed by atoms with Crippen molar-refractivity contribution in [3.8, 4) is 0 Å². The van der Waals surface area contributed by atoms with E-state index in [0.29, 0.717) is 0 Å². The zero-order valence-electron chi connectivity index (χ0n) is 12.0. The number of rotatable bonds is 6. The molecular formula is C14H20N4O3. The molecule has 0 bridgehead atoms. The monoisotopic (exact) mass is 292 g/mol. The first kappa shape index (κ1) is 16.5. The lowest BCUT2D eigenvalue weighted by molar-refractivity contribution is -0.131. The molecule has 1 aromatic carbocycles. The third-order valence-electron chi connectivity index (χ3n) is 3.12. The van der Waals surface area contributed by atoms with Gasteiger partial charge in [-0.1, -0.05) is 35.5 Å². The molecule has 6 N–H and O–H groups in total. The van der Waals surface area contributed by atoms with Gasteiger partial charge < -0.3 is 22.0 Å². The number of carbonyl (C=O) groups excluding carboxylic acids is 2. The number of nitrogens with two attached hydrogens (primary N) is 2. The second kappa shape index (κ2) is 6.74. The van der Waals surface area contributed by atoms with Crippen LogP contribution >= 0.6 is 0 Å². The number of benzene rings is 1. The van der Waals surface area contributed by atoms with Gasteiger partial charge in [0.2, 0.25) is 11.8 Å². The summed E-state index contributed by atoms with van der Waals surface area (Å²) >= 11 is 0. The molecule has 0 aromatic heterocycles. The van der Waals surface area contributed by atoms with Gasteiger partial charge in [-0.15, -0.1) is 0 Å². The van der Waals surface area contributed by atoms with E-state index >= 15 is 0 Å². The Labute approximate surface area is 123 Å². The molecule has 0 saturated carbocycles. The summed E-state index contributed by atoms with van der Waals surface area (Å²) in [7, 11) is 0. The minimum absolute atomic E-state index is 0.225. The predicted molar refractivity (Wildman–Crippen MR) is 78.5 cm³/mol. The first-order chi connectivity index (χ1) is 9.77. The van der Waals surface area contributed by atoms with Crippen molar-refractivity contribution in [2.75, 3.05) is 0 Å². The third kappa shape index (κ3) is 4.48. The topological polar surface area (TPSA) is 131 Å². The Kier molecular flexibility index (Phi) is 5.29. The summed E-state index contributed by atoms with van der Waals surface area (Å²) in [4.78, 5) is 23.6. The smallest absolute Gasteiger partial charge is 0.242 e. The summed E-state index contributed by atoms with van der Waals surface area (Å²) in [5.41, 5.74) is 10.4. The normalized spacial score (nSPS) is 13.5. The van der Waals surface area contributed by atoms with Gasteiger partial charge in [0.05, 0.1) is 0 Å². The van der Waals surface area contributed by atoms with Crippen molar-refractivity contribution in [1.82, 2.24) is 5.32 Å². The van der Waals surface area contributed by atoms with E-state index in [2.05, 4.69) is 10.5 Å². The van der Waals surface area contributed by atoms with Gasteiger partial charge in [0.25, 0.3) is 0 Å². The second-order valence-corrected chi connectivity index (χ2v) is 5.25. The number of oxime groups is 1. The van der Waals surface area contributed by atoms with Gasteiger partial charge in [-0.25, -0.2) is 0 Å². The van der Waals surface area contributed by atoms with E-state index < -0.39 is 23.3 Å². The number of hydrogen-bond acceptors (Lipinski definition) is 4. The first-order valence-corrected chi connectivity index (χ1v) is 6.41. The molecule has 0 fully saturated rings. The number of primary amides is 1. The van der Waals surface area contributed by atoms with Gasteiger partial charge in [0.1, 0.15) is 11.5 Å². The number of carbonyl (C=O) groups is 2. The summed E-state index contributed by atoms with van der Waals surface area (Å²) < 4.78 is 0. The molecule has 21 heavy (non-hydrogen) atoms. The van der Waals surface area contributed by atoms with Gasteiger partial charge in [-0.2, -0.15) is 0 Å². The third-order valence-corrected chi connectivity index (χ3v) is 3.12. The van der Waals surface area contributed by atoms with Crippen LogP contribution in [-0.4, -0.2) is 28.4 Å². The Bertz CT molecular complexity index is 540. The Morgan fingerprint density at radius 3 is 2.33 bits per heavy atom. The van der Waals surface area contributed by atoms with Crippen molar-refractivity contribution >= 4 is 17.6 Å². The quantitative estimate of drug-likeness (QED) is 0.254. The maximum Gasteiger partial charge on any atom is 0.242 e. The Morgan fingerprint density at radius 1 is 1.29 bits per heavy atom. The molecule has 0 aliphatic heterocycles.